The Morgan fingerprint density at radius 2 is 2.50 bits per heavy atom. The summed E-state index contributed by atoms with van der Waals surface area (Å²) >= 11 is 1.81. The van der Waals surface area contributed by atoms with Crippen LogP contribution in [0.3, 0.4) is 0 Å². The summed E-state index contributed by atoms with van der Waals surface area (Å²) in [4.78, 5) is 0. The van der Waals surface area contributed by atoms with Crippen LogP contribution >= 0.6 is 11.8 Å². The van der Waals surface area contributed by atoms with Crippen LogP contribution in [0.15, 0.2) is 0 Å². The van der Waals surface area contributed by atoms with Crippen molar-refractivity contribution >= 4 is 11.8 Å². The Labute approximate surface area is 91.2 Å². The van der Waals surface area contributed by atoms with E-state index >= 15 is 0 Å². The third kappa shape index (κ3) is 5.54. The quantitative estimate of drug-likeness (QED) is 0.532. The first-order valence-electron chi connectivity index (χ1n) is 5.23. The lowest BCUT2D eigenvalue weighted by Gasteiger charge is -2.22. The van der Waals surface area contributed by atoms with Crippen LogP contribution in [0.5, 0.6) is 0 Å². The number of ether oxygens (including phenoxy) is 1. The summed E-state index contributed by atoms with van der Waals surface area (Å²) in [5.41, 5.74) is 0. The van der Waals surface area contributed by atoms with Gasteiger partial charge < -0.3 is 10.1 Å². The molecule has 1 N–H and O–H groups in total. The highest BCUT2D eigenvalue weighted by atomic mass is 32.2. The van der Waals surface area contributed by atoms with Crippen LogP contribution in [0.4, 0.5) is 0 Å². The highest BCUT2D eigenvalue weighted by Gasteiger charge is 2.12. The van der Waals surface area contributed by atoms with Crippen molar-refractivity contribution in [3.63, 3.8) is 0 Å². The fourth-order valence-electron chi connectivity index (χ4n) is 1.55. The van der Waals surface area contributed by atoms with Crippen molar-refractivity contribution < 1.29 is 4.74 Å². The van der Waals surface area contributed by atoms with Gasteiger partial charge in [-0.05, 0) is 18.8 Å². The molecule has 2 nitrogen and oxygen atoms in total. The van der Waals surface area contributed by atoms with Gasteiger partial charge in [-0.25, -0.2) is 0 Å². The summed E-state index contributed by atoms with van der Waals surface area (Å²) in [6.45, 7) is 4.04. The predicted molar refractivity (Wildman–Crippen MR) is 62.6 cm³/mol. The van der Waals surface area contributed by atoms with Crippen LogP contribution in [0.1, 0.15) is 12.8 Å². The molecule has 80 valence electrons. The fraction of sp³-hybridized carbons (Fsp3) is 0.818. The maximum absolute atomic E-state index is 5.41. The first kappa shape index (κ1) is 11.9. The van der Waals surface area contributed by atoms with E-state index in [1.165, 1.54) is 12.8 Å². The summed E-state index contributed by atoms with van der Waals surface area (Å²) in [5.74, 6) is 5.28. The monoisotopic (exact) mass is 213 g/mol. The Kier molecular flexibility index (Phi) is 6.94. The number of terminal acetylenes is 1. The zero-order valence-electron chi connectivity index (χ0n) is 8.63. The van der Waals surface area contributed by atoms with Crippen molar-refractivity contribution in [3.05, 3.63) is 0 Å². The molecule has 1 saturated heterocycles. The molecule has 14 heavy (non-hydrogen) atoms. The average molecular weight is 213 g/mol. The first-order chi connectivity index (χ1) is 6.93. The standard InChI is InChI=1S/C11H19NOS/c1-2-7-14-8-5-12-9-11-4-3-6-13-10-11/h1,11-12H,3-10H2. The molecule has 1 atom stereocenters. The summed E-state index contributed by atoms with van der Waals surface area (Å²) in [5, 5.41) is 3.44. The highest BCUT2D eigenvalue weighted by Crippen LogP contribution is 2.11. The van der Waals surface area contributed by atoms with Gasteiger partial charge >= 0.3 is 0 Å². The molecule has 1 heterocycles. The predicted octanol–water partition coefficient (Wildman–Crippen LogP) is 1.37. The lowest BCUT2D eigenvalue weighted by Crippen LogP contribution is -2.30. The first-order valence-corrected chi connectivity index (χ1v) is 6.38. The van der Waals surface area contributed by atoms with Crippen LogP contribution in [-0.2, 0) is 4.74 Å². The zero-order chi connectivity index (χ0) is 10.1. The van der Waals surface area contributed by atoms with Gasteiger partial charge in [0, 0.05) is 25.4 Å². The van der Waals surface area contributed by atoms with E-state index < -0.39 is 0 Å². The van der Waals surface area contributed by atoms with Gasteiger partial charge in [-0.3, -0.25) is 0 Å². The Balaban J connectivity index is 1.85. The summed E-state index contributed by atoms with van der Waals surface area (Å²) in [6, 6.07) is 0. The molecule has 1 rings (SSSR count). The lowest BCUT2D eigenvalue weighted by atomic mass is 10.0. The third-order valence-corrected chi connectivity index (χ3v) is 3.16. The largest absolute Gasteiger partial charge is 0.381 e. The van der Waals surface area contributed by atoms with Gasteiger partial charge in [0.25, 0.3) is 0 Å². The van der Waals surface area contributed by atoms with Gasteiger partial charge in [0.1, 0.15) is 0 Å². The summed E-state index contributed by atoms with van der Waals surface area (Å²) in [7, 11) is 0. The lowest BCUT2D eigenvalue weighted by molar-refractivity contribution is 0.0551. The van der Waals surface area contributed by atoms with E-state index in [9.17, 15) is 0 Å². The number of thioether (sulfide) groups is 1. The van der Waals surface area contributed by atoms with Crippen LogP contribution in [0, 0.1) is 18.3 Å². The van der Waals surface area contributed by atoms with Crippen molar-refractivity contribution in [1.29, 1.82) is 0 Å². The molecule has 1 fully saturated rings. The Morgan fingerprint density at radius 3 is 3.21 bits per heavy atom. The van der Waals surface area contributed by atoms with Gasteiger partial charge in [0.15, 0.2) is 0 Å². The van der Waals surface area contributed by atoms with Crippen molar-refractivity contribution in [2.45, 2.75) is 12.8 Å². The molecule has 0 spiro atoms. The normalized spacial score (nSPS) is 21.8. The Bertz CT molecular complexity index is 173. The fourth-order valence-corrected chi connectivity index (χ4v) is 2.10. The minimum atomic E-state index is 0.724. The number of rotatable bonds is 6. The molecule has 0 aromatic rings. The van der Waals surface area contributed by atoms with Crippen LogP contribution in [-0.4, -0.2) is 37.8 Å². The topological polar surface area (TPSA) is 21.3 Å². The molecule has 0 radical (unpaired) electrons. The van der Waals surface area contributed by atoms with E-state index in [0.717, 1.165) is 43.7 Å². The van der Waals surface area contributed by atoms with Gasteiger partial charge in [-0.15, -0.1) is 18.2 Å². The molecular weight excluding hydrogens is 194 g/mol. The number of hydrogen-bond acceptors (Lipinski definition) is 3. The van der Waals surface area contributed by atoms with Gasteiger partial charge in [-0.2, -0.15) is 0 Å². The maximum atomic E-state index is 5.41. The third-order valence-electron chi connectivity index (χ3n) is 2.30. The van der Waals surface area contributed by atoms with E-state index in [0.29, 0.717) is 0 Å². The van der Waals surface area contributed by atoms with E-state index in [1.54, 1.807) is 0 Å². The molecule has 0 bridgehead atoms. The van der Waals surface area contributed by atoms with E-state index in [-0.39, 0.29) is 0 Å². The summed E-state index contributed by atoms with van der Waals surface area (Å²) < 4.78 is 5.41. The Hall–Kier alpha value is -0.170. The van der Waals surface area contributed by atoms with Gasteiger partial charge in [0.05, 0.1) is 12.4 Å². The van der Waals surface area contributed by atoms with Crippen molar-refractivity contribution in [2.75, 3.05) is 37.8 Å². The molecule has 0 saturated carbocycles. The molecule has 1 aliphatic rings. The van der Waals surface area contributed by atoms with Crippen LogP contribution in [0.2, 0.25) is 0 Å². The van der Waals surface area contributed by atoms with E-state index in [1.807, 2.05) is 11.8 Å². The van der Waals surface area contributed by atoms with E-state index in [2.05, 4.69) is 11.2 Å². The molecule has 1 aliphatic heterocycles. The minimum Gasteiger partial charge on any atom is -0.381 e. The number of hydrogen-bond donors (Lipinski definition) is 1. The van der Waals surface area contributed by atoms with Crippen molar-refractivity contribution in [3.8, 4) is 12.3 Å². The molecule has 0 aromatic carbocycles. The second kappa shape index (κ2) is 8.16. The minimum absolute atomic E-state index is 0.724. The SMILES string of the molecule is C#CCSCCNCC1CCCOC1. The molecule has 1 unspecified atom stereocenters. The molecule has 0 aliphatic carbocycles. The Morgan fingerprint density at radius 1 is 1.57 bits per heavy atom. The average Bonchev–Trinajstić information content (AvgIpc) is 2.25. The molecule has 3 heteroatoms. The van der Waals surface area contributed by atoms with Gasteiger partial charge in [0.2, 0.25) is 0 Å². The molecule has 0 amide bonds. The van der Waals surface area contributed by atoms with Crippen molar-refractivity contribution in [1.82, 2.24) is 5.32 Å². The highest BCUT2D eigenvalue weighted by molar-refractivity contribution is 7.99. The number of nitrogens with one attached hydrogen (secondary N) is 1. The second-order valence-corrected chi connectivity index (χ2v) is 4.65. The zero-order valence-corrected chi connectivity index (χ0v) is 9.44. The van der Waals surface area contributed by atoms with Gasteiger partial charge in [-0.1, -0.05) is 5.92 Å². The summed E-state index contributed by atoms with van der Waals surface area (Å²) in [6.07, 6.45) is 7.68. The maximum Gasteiger partial charge on any atom is 0.0545 e. The second-order valence-electron chi connectivity index (χ2n) is 3.54. The van der Waals surface area contributed by atoms with Crippen LogP contribution in [0.25, 0.3) is 0 Å². The molecule has 0 aromatic heterocycles. The van der Waals surface area contributed by atoms with Crippen molar-refractivity contribution in [2.24, 2.45) is 5.92 Å². The smallest absolute Gasteiger partial charge is 0.0545 e. The van der Waals surface area contributed by atoms with E-state index in [4.69, 9.17) is 11.2 Å². The molecular formula is C11H19NOS. The van der Waals surface area contributed by atoms with Crippen LogP contribution < -0.4 is 5.32 Å².